The Labute approximate surface area is 102 Å². The Morgan fingerprint density at radius 2 is 1.76 bits per heavy atom. The maximum absolute atomic E-state index is 9.95. The molecule has 0 heterocycles. The first-order chi connectivity index (χ1) is 8.29. The van der Waals surface area contributed by atoms with E-state index in [0.717, 1.165) is 37.0 Å². The largest absolute Gasteiger partial charge is 0.488 e. The lowest BCUT2D eigenvalue weighted by Gasteiger charge is -2.22. The summed E-state index contributed by atoms with van der Waals surface area (Å²) in [5.41, 5.74) is 0.874. The minimum atomic E-state index is -0.352. The van der Waals surface area contributed by atoms with Crippen LogP contribution in [-0.2, 0) is 6.61 Å². The van der Waals surface area contributed by atoms with Crippen molar-refractivity contribution >= 4 is 0 Å². The topological polar surface area (TPSA) is 49.7 Å². The molecule has 0 bridgehead atoms. The van der Waals surface area contributed by atoms with E-state index in [4.69, 9.17) is 9.84 Å². The van der Waals surface area contributed by atoms with Gasteiger partial charge in [0.05, 0.1) is 12.7 Å². The molecule has 2 atom stereocenters. The van der Waals surface area contributed by atoms with Crippen molar-refractivity contribution in [3.63, 3.8) is 0 Å². The molecule has 0 spiro atoms. The number of aliphatic hydroxyl groups is 2. The number of benzene rings is 1. The lowest BCUT2D eigenvalue weighted by molar-refractivity contribution is 0.0319. The molecule has 94 valence electrons. The van der Waals surface area contributed by atoms with E-state index in [1.54, 1.807) is 0 Å². The molecule has 0 saturated heterocycles. The summed E-state index contributed by atoms with van der Waals surface area (Å²) in [6.45, 7) is 0.0479. The van der Waals surface area contributed by atoms with Gasteiger partial charge in [-0.25, -0.2) is 0 Å². The van der Waals surface area contributed by atoms with Gasteiger partial charge in [-0.15, -0.1) is 0 Å². The minimum Gasteiger partial charge on any atom is -0.488 e. The second-order valence-electron chi connectivity index (χ2n) is 4.66. The Bertz CT molecular complexity index is 334. The highest BCUT2D eigenvalue weighted by Crippen LogP contribution is 2.23. The normalized spacial score (nSPS) is 25.3. The Kier molecular flexibility index (Phi) is 4.40. The standard InChI is InChI=1S/C14H20O3/c15-10-11-6-8-12(9-7-11)17-14-5-3-1-2-4-13(14)16/h6-9,13-16H,1-5,10H2. The van der Waals surface area contributed by atoms with E-state index in [0.29, 0.717) is 0 Å². The second kappa shape index (κ2) is 6.03. The molecule has 17 heavy (non-hydrogen) atoms. The van der Waals surface area contributed by atoms with Crippen LogP contribution in [0.2, 0.25) is 0 Å². The lowest BCUT2D eigenvalue weighted by Crippen LogP contribution is -2.30. The van der Waals surface area contributed by atoms with Gasteiger partial charge in [0.15, 0.2) is 0 Å². The van der Waals surface area contributed by atoms with Gasteiger partial charge in [0.25, 0.3) is 0 Å². The van der Waals surface area contributed by atoms with E-state index in [-0.39, 0.29) is 18.8 Å². The number of hydrogen-bond acceptors (Lipinski definition) is 3. The van der Waals surface area contributed by atoms with Crippen LogP contribution in [0, 0.1) is 0 Å². The highest BCUT2D eigenvalue weighted by molar-refractivity contribution is 5.27. The van der Waals surface area contributed by atoms with Crippen LogP contribution >= 0.6 is 0 Å². The lowest BCUT2D eigenvalue weighted by atomic mass is 10.1. The number of ether oxygens (including phenoxy) is 1. The summed E-state index contributed by atoms with van der Waals surface area (Å²) in [4.78, 5) is 0. The molecule has 0 radical (unpaired) electrons. The van der Waals surface area contributed by atoms with Crippen molar-refractivity contribution in [2.45, 2.75) is 50.9 Å². The van der Waals surface area contributed by atoms with Gasteiger partial charge in [-0.2, -0.15) is 0 Å². The number of aliphatic hydroxyl groups excluding tert-OH is 2. The molecule has 1 aromatic rings. The van der Waals surface area contributed by atoms with Crippen LogP contribution < -0.4 is 4.74 Å². The van der Waals surface area contributed by atoms with E-state index in [2.05, 4.69) is 0 Å². The van der Waals surface area contributed by atoms with Crippen molar-refractivity contribution in [3.05, 3.63) is 29.8 Å². The minimum absolute atomic E-state index is 0.0479. The number of hydrogen-bond donors (Lipinski definition) is 2. The third-order valence-corrected chi connectivity index (χ3v) is 3.31. The molecule has 0 aliphatic heterocycles. The predicted molar refractivity (Wildman–Crippen MR) is 65.9 cm³/mol. The van der Waals surface area contributed by atoms with E-state index < -0.39 is 0 Å². The van der Waals surface area contributed by atoms with Gasteiger partial charge >= 0.3 is 0 Å². The van der Waals surface area contributed by atoms with E-state index in [1.807, 2.05) is 24.3 Å². The molecule has 1 aliphatic rings. The van der Waals surface area contributed by atoms with E-state index in [9.17, 15) is 5.11 Å². The molecule has 3 nitrogen and oxygen atoms in total. The molecule has 3 heteroatoms. The van der Waals surface area contributed by atoms with Crippen molar-refractivity contribution in [1.82, 2.24) is 0 Å². The highest BCUT2D eigenvalue weighted by Gasteiger charge is 2.23. The summed E-state index contributed by atoms with van der Waals surface area (Å²) in [7, 11) is 0. The van der Waals surface area contributed by atoms with Gasteiger partial charge in [-0.1, -0.05) is 25.0 Å². The van der Waals surface area contributed by atoms with Gasteiger partial charge in [-0.05, 0) is 37.0 Å². The van der Waals surface area contributed by atoms with Crippen LogP contribution in [0.1, 0.15) is 37.7 Å². The molecule has 2 rings (SSSR count). The summed E-state index contributed by atoms with van der Waals surface area (Å²) in [6.07, 6.45) is 4.70. The Morgan fingerprint density at radius 3 is 2.47 bits per heavy atom. The summed E-state index contributed by atoms with van der Waals surface area (Å²) in [5.74, 6) is 0.771. The first kappa shape index (κ1) is 12.4. The smallest absolute Gasteiger partial charge is 0.124 e. The second-order valence-corrected chi connectivity index (χ2v) is 4.66. The third-order valence-electron chi connectivity index (χ3n) is 3.31. The van der Waals surface area contributed by atoms with Crippen LogP contribution in [0.25, 0.3) is 0 Å². The molecular formula is C14H20O3. The first-order valence-electron chi connectivity index (χ1n) is 6.34. The zero-order chi connectivity index (χ0) is 12.1. The van der Waals surface area contributed by atoms with Crippen LogP contribution in [-0.4, -0.2) is 22.4 Å². The van der Waals surface area contributed by atoms with Gasteiger partial charge in [0.1, 0.15) is 11.9 Å². The van der Waals surface area contributed by atoms with Crippen molar-refractivity contribution in [1.29, 1.82) is 0 Å². The van der Waals surface area contributed by atoms with E-state index in [1.165, 1.54) is 6.42 Å². The zero-order valence-electron chi connectivity index (χ0n) is 10.0. The summed E-state index contributed by atoms with van der Waals surface area (Å²) in [5, 5.41) is 18.9. The average Bonchev–Trinajstić information content (AvgIpc) is 2.56. The van der Waals surface area contributed by atoms with Crippen LogP contribution in [0.15, 0.2) is 24.3 Å². The molecule has 1 fully saturated rings. The van der Waals surface area contributed by atoms with Crippen molar-refractivity contribution < 1.29 is 14.9 Å². The maximum atomic E-state index is 9.95. The van der Waals surface area contributed by atoms with Crippen molar-refractivity contribution in [2.24, 2.45) is 0 Å². The van der Waals surface area contributed by atoms with Gasteiger partial charge in [0.2, 0.25) is 0 Å². The highest BCUT2D eigenvalue weighted by atomic mass is 16.5. The molecule has 1 aromatic carbocycles. The summed E-state index contributed by atoms with van der Waals surface area (Å²) < 4.78 is 5.82. The molecule has 1 saturated carbocycles. The van der Waals surface area contributed by atoms with Gasteiger partial charge < -0.3 is 14.9 Å². The predicted octanol–water partition coefficient (Wildman–Crippen LogP) is 2.25. The Hall–Kier alpha value is -1.06. The Balaban J connectivity index is 1.98. The summed E-state index contributed by atoms with van der Waals surface area (Å²) in [6, 6.07) is 7.39. The first-order valence-corrected chi connectivity index (χ1v) is 6.34. The molecule has 0 amide bonds. The number of rotatable bonds is 3. The SMILES string of the molecule is OCc1ccc(OC2CCCCCC2O)cc1. The molecule has 2 unspecified atom stereocenters. The molecular weight excluding hydrogens is 216 g/mol. The van der Waals surface area contributed by atoms with E-state index >= 15 is 0 Å². The van der Waals surface area contributed by atoms with Crippen molar-refractivity contribution in [2.75, 3.05) is 0 Å². The quantitative estimate of drug-likeness (QED) is 0.791. The fourth-order valence-corrected chi connectivity index (χ4v) is 2.24. The fourth-order valence-electron chi connectivity index (χ4n) is 2.24. The maximum Gasteiger partial charge on any atom is 0.124 e. The average molecular weight is 236 g/mol. The van der Waals surface area contributed by atoms with Crippen LogP contribution in [0.4, 0.5) is 0 Å². The fraction of sp³-hybridized carbons (Fsp3) is 0.571. The monoisotopic (exact) mass is 236 g/mol. The van der Waals surface area contributed by atoms with Gasteiger partial charge in [0, 0.05) is 0 Å². The molecule has 1 aliphatic carbocycles. The van der Waals surface area contributed by atoms with Gasteiger partial charge in [-0.3, -0.25) is 0 Å². The van der Waals surface area contributed by atoms with Crippen molar-refractivity contribution in [3.8, 4) is 5.75 Å². The summed E-state index contributed by atoms with van der Waals surface area (Å²) >= 11 is 0. The zero-order valence-corrected chi connectivity index (χ0v) is 10.0. The molecule has 0 aromatic heterocycles. The Morgan fingerprint density at radius 1 is 1.06 bits per heavy atom. The van der Waals surface area contributed by atoms with Crippen LogP contribution in [0.3, 0.4) is 0 Å². The molecule has 2 N–H and O–H groups in total. The van der Waals surface area contributed by atoms with Crippen LogP contribution in [0.5, 0.6) is 5.75 Å². The third kappa shape index (κ3) is 3.45.